The summed E-state index contributed by atoms with van der Waals surface area (Å²) in [7, 11) is 1.72. The molecule has 0 fully saturated rings. The highest BCUT2D eigenvalue weighted by Crippen LogP contribution is 2.26. The molecule has 6 heteroatoms. The van der Waals surface area contributed by atoms with Crippen LogP contribution in [0.3, 0.4) is 0 Å². The second-order valence-electron chi connectivity index (χ2n) is 4.63. The summed E-state index contributed by atoms with van der Waals surface area (Å²) in [5.74, 6) is 0.243. The van der Waals surface area contributed by atoms with Crippen LogP contribution in [-0.4, -0.2) is 14.3 Å². The molecule has 0 aliphatic carbocycles. The monoisotopic (exact) mass is 270 g/mol. The van der Waals surface area contributed by atoms with E-state index in [0.29, 0.717) is 5.69 Å². The van der Waals surface area contributed by atoms with Crippen molar-refractivity contribution in [2.45, 2.75) is 6.92 Å². The van der Waals surface area contributed by atoms with Crippen molar-refractivity contribution >= 4 is 5.88 Å². The summed E-state index contributed by atoms with van der Waals surface area (Å²) in [5.41, 5.74) is 8.46. The molecule has 0 saturated heterocycles. The van der Waals surface area contributed by atoms with Crippen molar-refractivity contribution in [2.24, 2.45) is 7.05 Å². The SMILES string of the molecule is Cc1cn(C)c(=O)n1-c1ccccc1-c1cc(N)on1. The number of aromatic nitrogens is 3. The molecule has 2 aromatic heterocycles. The Morgan fingerprint density at radius 1 is 1.30 bits per heavy atom. The second-order valence-corrected chi connectivity index (χ2v) is 4.63. The summed E-state index contributed by atoms with van der Waals surface area (Å²) >= 11 is 0. The van der Waals surface area contributed by atoms with Crippen molar-refractivity contribution in [3.8, 4) is 16.9 Å². The maximum atomic E-state index is 12.2. The van der Waals surface area contributed by atoms with Crippen LogP contribution < -0.4 is 11.4 Å². The van der Waals surface area contributed by atoms with Gasteiger partial charge in [-0.05, 0) is 13.0 Å². The quantitative estimate of drug-likeness (QED) is 0.769. The van der Waals surface area contributed by atoms with E-state index in [2.05, 4.69) is 5.16 Å². The van der Waals surface area contributed by atoms with E-state index in [1.165, 1.54) is 0 Å². The number of nitrogens with two attached hydrogens (primary N) is 1. The number of aryl methyl sites for hydroxylation is 2. The maximum absolute atomic E-state index is 12.2. The minimum absolute atomic E-state index is 0.105. The molecular weight excluding hydrogens is 256 g/mol. The van der Waals surface area contributed by atoms with E-state index in [9.17, 15) is 4.79 Å². The van der Waals surface area contributed by atoms with Crippen LogP contribution in [-0.2, 0) is 7.05 Å². The summed E-state index contributed by atoms with van der Waals surface area (Å²) in [5, 5.41) is 3.92. The third-order valence-corrected chi connectivity index (χ3v) is 3.18. The Labute approximate surface area is 115 Å². The molecule has 6 nitrogen and oxygen atoms in total. The molecular formula is C14H14N4O2. The van der Waals surface area contributed by atoms with Crippen molar-refractivity contribution in [3.05, 3.63) is 52.7 Å². The normalized spacial score (nSPS) is 10.9. The molecule has 0 aliphatic heterocycles. The zero-order valence-electron chi connectivity index (χ0n) is 11.2. The molecule has 102 valence electrons. The number of hydrogen-bond donors (Lipinski definition) is 1. The Bertz CT molecular complexity index is 826. The largest absolute Gasteiger partial charge is 0.368 e. The van der Waals surface area contributed by atoms with E-state index in [0.717, 1.165) is 16.9 Å². The smallest absolute Gasteiger partial charge is 0.332 e. The lowest BCUT2D eigenvalue weighted by Gasteiger charge is -2.08. The van der Waals surface area contributed by atoms with Gasteiger partial charge in [-0.3, -0.25) is 4.57 Å². The number of rotatable bonds is 2. The number of benzene rings is 1. The number of hydrogen-bond acceptors (Lipinski definition) is 4. The molecule has 3 aromatic rings. The number of nitrogens with zero attached hydrogens (tertiary/aromatic N) is 3. The topological polar surface area (TPSA) is 79.0 Å². The van der Waals surface area contributed by atoms with Crippen molar-refractivity contribution in [2.75, 3.05) is 5.73 Å². The number of anilines is 1. The van der Waals surface area contributed by atoms with Gasteiger partial charge in [0.15, 0.2) is 0 Å². The van der Waals surface area contributed by atoms with Gasteiger partial charge in [0.25, 0.3) is 0 Å². The molecule has 0 aliphatic rings. The van der Waals surface area contributed by atoms with E-state index in [-0.39, 0.29) is 11.6 Å². The van der Waals surface area contributed by atoms with Gasteiger partial charge in [0.1, 0.15) is 5.69 Å². The molecule has 0 atom stereocenters. The van der Waals surface area contributed by atoms with Gasteiger partial charge >= 0.3 is 5.69 Å². The van der Waals surface area contributed by atoms with Crippen molar-refractivity contribution in [1.29, 1.82) is 0 Å². The van der Waals surface area contributed by atoms with Crippen molar-refractivity contribution in [3.63, 3.8) is 0 Å². The fraction of sp³-hybridized carbons (Fsp3) is 0.143. The molecule has 1 aromatic carbocycles. The minimum Gasteiger partial charge on any atom is -0.368 e. The summed E-state index contributed by atoms with van der Waals surface area (Å²) in [6, 6.07) is 9.15. The first kappa shape index (κ1) is 12.3. The molecule has 0 spiro atoms. The zero-order valence-corrected chi connectivity index (χ0v) is 11.2. The summed E-state index contributed by atoms with van der Waals surface area (Å²) in [4.78, 5) is 12.2. The average molecular weight is 270 g/mol. The first-order valence-corrected chi connectivity index (χ1v) is 6.15. The number of para-hydroxylation sites is 1. The molecule has 2 heterocycles. The van der Waals surface area contributed by atoms with Crippen molar-refractivity contribution < 1.29 is 4.52 Å². The fourth-order valence-electron chi connectivity index (χ4n) is 2.30. The Kier molecular flexibility index (Phi) is 2.71. The minimum atomic E-state index is -0.105. The van der Waals surface area contributed by atoms with Crippen LogP contribution in [0.1, 0.15) is 5.69 Å². The highest BCUT2D eigenvalue weighted by molar-refractivity contribution is 5.71. The van der Waals surface area contributed by atoms with Gasteiger partial charge in [0.2, 0.25) is 5.88 Å². The van der Waals surface area contributed by atoms with Gasteiger partial charge in [-0.15, -0.1) is 0 Å². The van der Waals surface area contributed by atoms with Crippen LogP contribution in [0.2, 0.25) is 0 Å². The summed E-state index contributed by atoms with van der Waals surface area (Å²) < 4.78 is 8.09. The Balaban J connectivity index is 2.28. The first-order valence-electron chi connectivity index (χ1n) is 6.15. The van der Waals surface area contributed by atoms with E-state index in [1.807, 2.05) is 31.2 Å². The van der Waals surface area contributed by atoms with Gasteiger partial charge in [-0.25, -0.2) is 4.79 Å². The molecule has 0 radical (unpaired) electrons. The molecule has 3 rings (SSSR count). The molecule has 0 amide bonds. The second kappa shape index (κ2) is 4.41. The van der Waals surface area contributed by atoms with Crippen LogP contribution >= 0.6 is 0 Å². The standard InChI is InChI=1S/C14H14N4O2/c1-9-8-17(2)14(19)18(9)12-6-4-3-5-10(12)11-7-13(15)20-16-11/h3-8H,15H2,1-2H3. The van der Waals surface area contributed by atoms with Crippen LogP contribution in [0.5, 0.6) is 0 Å². The lowest BCUT2D eigenvalue weighted by molar-refractivity contribution is 0.439. The van der Waals surface area contributed by atoms with Crippen LogP contribution in [0.4, 0.5) is 5.88 Å². The predicted molar refractivity (Wildman–Crippen MR) is 75.7 cm³/mol. The summed E-state index contributed by atoms with van der Waals surface area (Å²) in [6.07, 6.45) is 1.79. The van der Waals surface area contributed by atoms with E-state index >= 15 is 0 Å². The highest BCUT2D eigenvalue weighted by Gasteiger charge is 2.14. The number of imidazole rings is 1. The fourth-order valence-corrected chi connectivity index (χ4v) is 2.30. The molecule has 0 bridgehead atoms. The molecule has 0 unspecified atom stereocenters. The zero-order chi connectivity index (χ0) is 14.3. The Hall–Kier alpha value is -2.76. The molecule has 0 saturated carbocycles. The molecule has 2 N–H and O–H groups in total. The van der Waals surface area contributed by atoms with Crippen molar-refractivity contribution in [1.82, 2.24) is 14.3 Å². The van der Waals surface area contributed by atoms with Gasteiger partial charge in [-0.2, -0.15) is 0 Å². The van der Waals surface area contributed by atoms with E-state index in [4.69, 9.17) is 10.3 Å². The third-order valence-electron chi connectivity index (χ3n) is 3.18. The molecule has 20 heavy (non-hydrogen) atoms. The number of nitrogen functional groups attached to an aromatic ring is 1. The Morgan fingerprint density at radius 2 is 2.05 bits per heavy atom. The van der Waals surface area contributed by atoms with Gasteiger partial charge in [-0.1, -0.05) is 23.4 Å². The highest BCUT2D eigenvalue weighted by atomic mass is 16.5. The Morgan fingerprint density at radius 3 is 2.65 bits per heavy atom. The lowest BCUT2D eigenvalue weighted by atomic mass is 10.1. The van der Waals surface area contributed by atoms with E-state index < -0.39 is 0 Å². The van der Waals surface area contributed by atoms with Gasteiger partial charge in [0.05, 0.1) is 5.69 Å². The summed E-state index contributed by atoms with van der Waals surface area (Å²) in [6.45, 7) is 1.88. The van der Waals surface area contributed by atoms with Gasteiger partial charge in [0, 0.05) is 30.6 Å². The van der Waals surface area contributed by atoms with Crippen LogP contribution in [0.25, 0.3) is 16.9 Å². The van der Waals surface area contributed by atoms with Crippen LogP contribution in [0, 0.1) is 6.92 Å². The third kappa shape index (κ3) is 1.82. The first-order chi connectivity index (χ1) is 9.58. The average Bonchev–Trinajstić information content (AvgIpc) is 2.95. The lowest BCUT2D eigenvalue weighted by Crippen LogP contribution is -2.21. The van der Waals surface area contributed by atoms with Crippen LogP contribution in [0.15, 0.2) is 45.8 Å². The maximum Gasteiger partial charge on any atom is 0.332 e. The van der Waals surface area contributed by atoms with E-state index in [1.54, 1.807) is 28.4 Å². The predicted octanol–water partition coefficient (Wildman–Crippen LogP) is 1.72. The van der Waals surface area contributed by atoms with Gasteiger partial charge < -0.3 is 14.8 Å².